The molecule has 31 heavy (non-hydrogen) atoms. The summed E-state index contributed by atoms with van der Waals surface area (Å²) in [6, 6.07) is 3.60. The number of carbonyl (C=O) groups is 2. The fourth-order valence-electron chi connectivity index (χ4n) is 3.14. The number of hydrogen-bond acceptors (Lipinski definition) is 5. The van der Waals surface area contributed by atoms with Gasteiger partial charge in [0.15, 0.2) is 5.82 Å². The molecule has 2 amide bonds. The van der Waals surface area contributed by atoms with Crippen LogP contribution in [-0.4, -0.2) is 75.2 Å². The number of rotatable bonds is 6. The molecule has 2 heterocycles. The van der Waals surface area contributed by atoms with E-state index >= 15 is 0 Å². The Bertz CT molecular complexity index is 999. The second-order valence-corrected chi connectivity index (χ2v) is 7.48. The van der Waals surface area contributed by atoms with Crippen LogP contribution in [0.3, 0.4) is 0 Å². The summed E-state index contributed by atoms with van der Waals surface area (Å²) in [5, 5.41) is 6.92. The molecule has 0 atom stereocenters. The third-order valence-corrected chi connectivity index (χ3v) is 4.67. The Morgan fingerprint density at radius 2 is 2.00 bits per heavy atom. The lowest BCUT2D eigenvalue weighted by Crippen LogP contribution is -2.45. The summed E-state index contributed by atoms with van der Waals surface area (Å²) in [6.07, 6.45) is -0.312. The minimum atomic E-state index is -4.47. The van der Waals surface area contributed by atoms with Crippen molar-refractivity contribution < 1.29 is 22.8 Å². The van der Waals surface area contributed by atoms with Crippen LogP contribution in [0.5, 0.6) is 0 Å². The van der Waals surface area contributed by atoms with Crippen LogP contribution >= 0.6 is 0 Å². The van der Waals surface area contributed by atoms with Crippen LogP contribution in [-0.2, 0) is 15.8 Å². The van der Waals surface area contributed by atoms with Crippen molar-refractivity contribution in [1.29, 1.82) is 0 Å². The molecule has 0 spiro atoms. The van der Waals surface area contributed by atoms with Crippen LogP contribution < -0.4 is 0 Å². The summed E-state index contributed by atoms with van der Waals surface area (Å²) < 4.78 is 40.4. The maximum atomic E-state index is 13.1. The molecule has 1 aromatic carbocycles. The number of aromatic nitrogens is 3. The molecule has 0 aliphatic carbocycles. The van der Waals surface area contributed by atoms with Gasteiger partial charge in [-0.05, 0) is 44.8 Å². The van der Waals surface area contributed by atoms with Crippen LogP contribution in [0.4, 0.5) is 13.2 Å². The number of halogens is 3. The van der Waals surface area contributed by atoms with Crippen molar-refractivity contribution >= 4 is 18.0 Å². The fraction of sp³-hybridized carbons (Fsp3) is 0.400. The lowest BCUT2D eigenvalue weighted by Gasteiger charge is -2.28. The average molecular weight is 436 g/mol. The van der Waals surface area contributed by atoms with E-state index < -0.39 is 17.6 Å². The van der Waals surface area contributed by atoms with E-state index in [9.17, 15) is 22.8 Å². The average Bonchev–Trinajstić information content (AvgIpc) is 3.30. The van der Waals surface area contributed by atoms with Gasteiger partial charge in [0, 0.05) is 30.8 Å². The number of benzene rings is 1. The third kappa shape index (κ3) is 5.48. The molecule has 1 aliphatic rings. The van der Waals surface area contributed by atoms with Crippen molar-refractivity contribution in [3.63, 3.8) is 0 Å². The van der Waals surface area contributed by atoms with Gasteiger partial charge < -0.3 is 4.90 Å². The monoisotopic (exact) mass is 436 g/mol. The number of nitrogens with zero attached hydrogens (tertiary/aromatic N) is 6. The topological polar surface area (TPSA) is 74.6 Å². The van der Waals surface area contributed by atoms with Gasteiger partial charge in [-0.25, -0.2) is 19.7 Å². The highest BCUT2D eigenvalue weighted by molar-refractivity contribution is 5.93. The molecule has 0 saturated carbocycles. The molecule has 0 unspecified atom stereocenters. The number of alkyl halides is 3. The fourth-order valence-corrected chi connectivity index (χ4v) is 3.14. The lowest BCUT2D eigenvalue weighted by atomic mass is 10.1. The smallest absolute Gasteiger partial charge is 0.308 e. The molecule has 2 aromatic rings. The van der Waals surface area contributed by atoms with Crippen LogP contribution in [0.2, 0.25) is 0 Å². The van der Waals surface area contributed by atoms with Crippen LogP contribution in [0.1, 0.15) is 17.5 Å². The molecule has 1 aromatic heterocycles. The molecule has 1 fully saturated rings. The molecule has 1 saturated heterocycles. The van der Waals surface area contributed by atoms with Crippen molar-refractivity contribution in [2.45, 2.75) is 19.5 Å². The molecule has 3 rings (SSSR count). The van der Waals surface area contributed by atoms with Gasteiger partial charge in [0.1, 0.15) is 6.33 Å². The van der Waals surface area contributed by atoms with Crippen molar-refractivity contribution in [3.8, 4) is 11.4 Å². The van der Waals surface area contributed by atoms with Gasteiger partial charge in [-0.15, -0.1) is 5.10 Å². The first-order valence-corrected chi connectivity index (χ1v) is 9.59. The van der Waals surface area contributed by atoms with E-state index in [2.05, 4.69) is 10.1 Å². The third-order valence-electron chi connectivity index (χ3n) is 4.67. The summed E-state index contributed by atoms with van der Waals surface area (Å²) in [4.78, 5) is 30.5. The second-order valence-electron chi connectivity index (χ2n) is 7.48. The number of carbonyl (C=O) groups excluding carboxylic acids is 2. The zero-order valence-corrected chi connectivity index (χ0v) is 17.4. The van der Waals surface area contributed by atoms with E-state index in [4.69, 9.17) is 0 Å². The van der Waals surface area contributed by atoms with Crippen LogP contribution in [0, 0.1) is 6.92 Å². The minimum Gasteiger partial charge on any atom is -0.308 e. The predicted octanol–water partition coefficient (Wildman–Crippen LogP) is 2.28. The van der Waals surface area contributed by atoms with Crippen molar-refractivity contribution in [1.82, 2.24) is 29.7 Å². The Labute approximate surface area is 177 Å². The zero-order valence-electron chi connectivity index (χ0n) is 17.4. The largest absolute Gasteiger partial charge is 0.416 e. The van der Waals surface area contributed by atoms with Crippen molar-refractivity contribution in [2.24, 2.45) is 0 Å². The summed E-state index contributed by atoms with van der Waals surface area (Å²) in [7, 11) is 3.75. The van der Waals surface area contributed by atoms with E-state index in [1.165, 1.54) is 33.3 Å². The SMILES string of the molecule is Cc1cc(-c2ncn(/C=C\C(=O)N3CCC(=O)N3CCN(C)C)n2)cc(C(F)(F)F)c1. The van der Waals surface area contributed by atoms with Gasteiger partial charge in [0.05, 0.1) is 18.7 Å². The molecular weight excluding hydrogens is 413 g/mol. The number of amides is 2. The molecule has 166 valence electrons. The maximum Gasteiger partial charge on any atom is 0.416 e. The van der Waals surface area contributed by atoms with Crippen molar-refractivity contribution in [2.75, 3.05) is 33.7 Å². The Balaban J connectivity index is 1.73. The molecular formula is C20H23F3N6O2. The minimum absolute atomic E-state index is 0.107. The van der Waals surface area contributed by atoms with Crippen LogP contribution in [0.25, 0.3) is 17.6 Å². The number of aryl methyl sites for hydroxylation is 1. The number of hydrogen-bond donors (Lipinski definition) is 0. The van der Waals surface area contributed by atoms with Gasteiger partial charge in [0.2, 0.25) is 5.91 Å². The first-order valence-electron chi connectivity index (χ1n) is 9.59. The van der Waals surface area contributed by atoms with Gasteiger partial charge >= 0.3 is 6.18 Å². The molecule has 8 nitrogen and oxygen atoms in total. The summed E-state index contributed by atoms with van der Waals surface area (Å²) in [5.41, 5.74) is -0.115. The normalized spacial score (nSPS) is 15.0. The van der Waals surface area contributed by atoms with Gasteiger partial charge in [-0.3, -0.25) is 9.59 Å². The van der Waals surface area contributed by atoms with E-state index in [1.54, 1.807) is 13.0 Å². The second kappa shape index (κ2) is 8.88. The summed E-state index contributed by atoms with van der Waals surface area (Å²) in [5.74, 6) is -0.404. The number of hydrazine groups is 1. The van der Waals surface area contributed by atoms with Crippen molar-refractivity contribution in [3.05, 3.63) is 41.7 Å². The molecule has 0 radical (unpaired) electrons. The Morgan fingerprint density at radius 1 is 1.26 bits per heavy atom. The van der Waals surface area contributed by atoms with E-state index in [0.29, 0.717) is 25.2 Å². The molecule has 0 bridgehead atoms. The highest BCUT2D eigenvalue weighted by atomic mass is 19.4. The molecule has 0 N–H and O–H groups in total. The maximum absolute atomic E-state index is 13.1. The highest BCUT2D eigenvalue weighted by Crippen LogP contribution is 2.32. The zero-order chi connectivity index (χ0) is 22.8. The molecule has 11 heteroatoms. The predicted molar refractivity (Wildman–Crippen MR) is 107 cm³/mol. The van der Waals surface area contributed by atoms with Gasteiger partial charge in [-0.2, -0.15) is 13.2 Å². The Hall–Kier alpha value is -3.21. The number of likely N-dealkylation sites (N-methyl/N-ethyl adjacent to an activating group) is 1. The highest BCUT2D eigenvalue weighted by Gasteiger charge is 2.32. The Kier molecular flexibility index (Phi) is 6.44. The van der Waals surface area contributed by atoms with E-state index in [0.717, 1.165) is 12.1 Å². The van der Waals surface area contributed by atoms with Crippen LogP contribution in [0.15, 0.2) is 30.6 Å². The summed E-state index contributed by atoms with van der Waals surface area (Å²) in [6.45, 7) is 2.87. The first-order chi connectivity index (χ1) is 14.5. The quantitative estimate of drug-likeness (QED) is 0.650. The Morgan fingerprint density at radius 3 is 2.68 bits per heavy atom. The lowest BCUT2D eigenvalue weighted by molar-refractivity contribution is -0.150. The van der Waals surface area contributed by atoms with E-state index in [1.807, 2.05) is 19.0 Å². The first kappa shape index (κ1) is 22.5. The molecule has 1 aliphatic heterocycles. The summed E-state index contributed by atoms with van der Waals surface area (Å²) >= 11 is 0. The van der Waals surface area contributed by atoms with Gasteiger partial charge in [0.25, 0.3) is 5.91 Å². The standard InChI is InChI=1S/C20H23F3N6O2/c1-14-10-15(12-16(11-14)20(21,22)23)19-24-13-27(25-19)6-4-17(30)28-7-5-18(31)29(28)9-8-26(2)3/h4,6,10-13H,5,7-9H2,1-3H3/b6-4-. The van der Waals surface area contributed by atoms with E-state index in [-0.39, 0.29) is 23.7 Å². The van der Waals surface area contributed by atoms with Gasteiger partial charge in [-0.1, -0.05) is 0 Å².